The normalized spacial score (nSPS) is 11.5. The van der Waals surface area contributed by atoms with E-state index in [1.54, 1.807) is 6.07 Å². The molecule has 0 unspecified atom stereocenters. The molecule has 3 rings (SSSR count). The number of H-pyrrole nitrogens is 1. The summed E-state index contributed by atoms with van der Waals surface area (Å²) in [5.41, 5.74) is 0.852. The molecule has 0 bridgehead atoms. The third-order valence-electron chi connectivity index (χ3n) is 3.21. The Kier molecular flexibility index (Phi) is 4.20. The summed E-state index contributed by atoms with van der Waals surface area (Å²) < 4.78 is 56.2. The molecular weight excluding hydrogens is 326 g/mol. The molecule has 0 spiro atoms. The number of hydrogen-bond acceptors (Lipinski definition) is 3. The van der Waals surface area contributed by atoms with Crippen molar-refractivity contribution in [3.8, 4) is 28.3 Å². The first kappa shape index (κ1) is 16.0. The molecule has 1 N–H and O–H groups in total. The minimum Gasteiger partial charge on any atom is -0.483 e. The number of halogens is 4. The zero-order chi connectivity index (χ0) is 17.2. The highest BCUT2D eigenvalue weighted by Crippen LogP contribution is 2.34. The topological polar surface area (TPSA) is 50.8 Å². The van der Waals surface area contributed by atoms with Crippen LogP contribution in [0, 0.1) is 5.82 Å². The van der Waals surface area contributed by atoms with Crippen LogP contribution in [0.1, 0.15) is 0 Å². The minimum absolute atomic E-state index is 0.0548. The van der Waals surface area contributed by atoms with Gasteiger partial charge < -0.3 is 4.74 Å². The molecule has 24 heavy (non-hydrogen) atoms. The van der Waals surface area contributed by atoms with Crippen molar-refractivity contribution in [1.29, 1.82) is 0 Å². The molecule has 0 amide bonds. The molecule has 3 aromatic rings. The van der Waals surface area contributed by atoms with E-state index in [4.69, 9.17) is 4.74 Å². The lowest BCUT2D eigenvalue weighted by molar-refractivity contribution is -0.153. The van der Waals surface area contributed by atoms with Crippen molar-refractivity contribution in [3.05, 3.63) is 54.6 Å². The molecule has 0 radical (unpaired) electrons. The first-order valence-corrected chi connectivity index (χ1v) is 6.89. The highest BCUT2D eigenvalue weighted by molar-refractivity contribution is 5.75. The molecule has 0 aliphatic heterocycles. The van der Waals surface area contributed by atoms with Crippen molar-refractivity contribution in [2.45, 2.75) is 6.18 Å². The van der Waals surface area contributed by atoms with E-state index in [-0.39, 0.29) is 16.9 Å². The molecule has 0 atom stereocenters. The molecule has 0 saturated carbocycles. The van der Waals surface area contributed by atoms with Crippen LogP contribution in [-0.4, -0.2) is 28.0 Å². The van der Waals surface area contributed by atoms with E-state index in [0.29, 0.717) is 11.4 Å². The van der Waals surface area contributed by atoms with Gasteiger partial charge in [0.2, 0.25) is 0 Å². The third kappa shape index (κ3) is 3.53. The first-order chi connectivity index (χ1) is 11.4. The Morgan fingerprint density at radius 3 is 2.54 bits per heavy atom. The maximum Gasteiger partial charge on any atom is 0.422 e. The van der Waals surface area contributed by atoms with Gasteiger partial charge in [0, 0.05) is 16.7 Å². The molecule has 2 aromatic carbocycles. The highest BCUT2D eigenvalue weighted by Gasteiger charge is 2.29. The van der Waals surface area contributed by atoms with Crippen LogP contribution in [0.3, 0.4) is 0 Å². The Hall–Kier alpha value is -2.90. The number of alkyl halides is 3. The fourth-order valence-corrected chi connectivity index (χ4v) is 2.19. The predicted octanol–water partition coefficient (Wildman–Crippen LogP) is 4.22. The molecular formula is C16H11F4N3O. The molecule has 0 saturated heterocycles. The number of aromatic amines is 1. The zero-order valence-electron chi connectivity index (χ0n) is 12.1. The van der Waals surface area contributed by atoms with Gasteiger partial charge in [0.1, 0.15) is 17.9 Å². The molecule has 1 heterocycles. The lowest BCUT2D eigenvalue weighted by Crippen LogP contribution is -2.19. The van der Waals surface area contributed by atoms with E-state index in [9.17, 15) is 17.6 Å². The number of para-hydroxylation sites is 1. The lowest BCUT2D eigenvalue weighted by Gasteiger charge is -2.14. The summed E-state index contributed by atoms with van der Waals surface area (Å²) in [6, 6.07) is 10.1. The summed E-state index contributed by atoms with van der Waals surface area (Å²) in [6.07, 6.45) is -3.11. The lowest BCUT2D eigenvalue weighted by atomic mass is 10.0. The SMILES string of the molecule is Fc1ccc(-c2nc[nH]n2)cc1-c1ccccc1OCC(F)(F)F. The second-order valence-corrected chi connectivity index (χ2v) is 4.92. The summed E-state index contributed by atoms with van der Waals surface area (Å²) in [6.45, 7) is -1.45. The Morgan fingerprint density at radius 1 is 1.04 bits per heavy atom. The fraction of sp³-hybridized carbons (Fsp3) is 0.125. The van der Waals surface area contributed by atoms with Crippen molar-refractivity contribution < 1.29 is 22.3 Å². The van der Waals surface area contributed by atoms with Gasteiger partial charge in [-0.25, -0.2) is 9.37 Å². The molecule has 4 nitrogen and oxygen atoms in total. The summed E-state index contributed by atoms with van der Waals surface area (Å²) >= 11 is 0. The van der Waals surface area contributed by atoms with E-state index in [1.165, 1.54) is 42.7 Å². The van der Waals surface area contributed by atoms with Crippen LogP contribution in [0.15, 0.2) is 48.8 Å². The van der Waals surface area contributed by atoms with E-state index < -0.39 is 18.6 Å². The number of nitrogens with zero attached hydrogens (tertiary/aromatic N) is 2. The van der Waals surface area contributed by atoms with Gasteiger partial charge in [-0.15, -0.1) is 0 Å². The maximum absolute atomic E-state index is 14.2. The number of ether oxygens (including phenoxy) is 1. The maximum atomic E-state index is 14.2. The number of aromatic nitrogens is 3. The van der Waals surface area contributed by atoms with Crippen LogP contribution < -0.4 is 4.74 Å². The Balaban J connectivity index is 2.01. The Bertz CT molecular complexity index is 832. The van der Waals surface area contributed by atoms with Gasteiger partial charge in [0.05, 0.1) is 0 Å². The summed E-state index contributed by atoms with van der Waals surface area (Å²) in [7, 11) is 0. The first-order valence-electron chi connectivity index (χ1n) is 6.89. The van der Waals surface area contributed by atoms with E-state index >= 15 is 0 Å². The fourth-order valence-electron chi connectivity index (χ4n) is 2.19. The van der Waals surface area contributed by atoms with Gasteiger partial charge in [-0.2, -0.15) is 18.3 Å². The molecule has 0 aliphatic carbocycles. The van der Waals surface area contributed by atoms with E-state index in [0.717, 1.165) is 0 Å². The van der Waals surface area contributed by atoms with Crippen LogP contribution in [-0.2, 0) is 0 Å². The quantitative estimate of drug-likeness (QED) is 0.725. The Morgan fingerprint density at radius 2 is 1.83 bits per heavy atom. The number of rotatable bonds is 4. The van der Waals surface area contributed by atoms with E-state index in [2.05, 4.69) is 15.2 Å². The third-order valence-corrected chi connectivity index (χ3v) is 3.21. The summed E-state index contributed by atoms with van der Waals surface area (Å²) in [4.78, 5) is 3.97. The molecule has 124 valence electrons. The van der Waals surface area contributed by atoms with Gasteiger partial charge in [-0.3, -0.25) is 5.10 Å². The van der Waals surface area contributed by atoms with Gasteiger partial charge >= 0.3 is 6.18 Å². The van der Waals surface area contributed by atoms with Gasteiger partial charge in [0.15, 0.2) is 12.4 Å². The second kappa shape index (κ2) is 6.31. The minimum atomic E-state index is -4.48. The summed E-state index contributed by atoms with van der Waals surface area (Å²) in [5.74, 6) is -0.289. The standard InChI is InChI=1S/C16H11F4N3O/c17-13-6-5-10(15-21-9-22-23-15)7-12(13)11-3-1-2-4-14(11)24-8-16(18,19)20/h1-7,9H,8H2,(H,21,22,23). The van der Waals surface area contributed by atoms with Crippen LogP contribution in [0.5, 0.6) is 5.75 Å². The van der Waals surface area contributed by atoms with Crippen molar-refractivity contribution in [2.24, 2.45) is 0 Å². The number of benzene rings is 2. The van der Waals surface area contributed by atoms with Gasteiger partial charge in [-0.1, -0.05) is 18.2 Å². The van der Waals surface area contributed by atoms with Crippen molar-refractivity contribution in [1.82, 2.24) is 15.2 Å². The Labute approximate surface area is 134 Å². The van der Waals surface area contributed by atoms with Crippen LogP contribution in [0.2, 0.25) is 0 Å². The van der Waals surface area contributed by atoms with Crippen LogP contribution in [0.25, 0.3) is 22.5 Å². The smallest absolute Gasteiger partial charge is 0.422 e. The molecule has 0 fully saturated rings. The van der Waals surface area contributed by atoms with Crippen LogP contribution >= 0.6 is 0 Å². The molecule has 1 aromatic heterocycles. The number of hydrogen-bond donors (Lipinski definition) is 1. The molecule has 0 aliphatic rings. The highest BCUT2D eigenvalue weighted by atomic mass is 19.4. The monoisotopic (exact) mass is 337 g/mol. The zero-order valence-corrected chi connectivity index (χ0v) is 12.1. The van der Waals surface area contributed by atoms with Gasteiger partial charge in [-0.05, 0) is 24.3 Å². The average molecular weight is 337 g/mol. The number of nitrogens with one attached hydrogen (secondary N) is 1. The van der Waals surface area contributed by atoms with Crippen molar-refractivity contribution in [3.63, 3.8) is 0 Å². The molecule has 8 heteroatoms. The van der Waals surface area contributed by atoms with Crippen molar-refractivity contribution in [2.75, 3.05) is 6.61 Å². The second-order valence-electron chi connectivity index (χ2n) is 4.92. The largest absolute Gasteiger partial charge is 0.483 e. The van der Waals surface area contributed by atoms with Crippen molar-refractivity contribution >= 4 is 0 Å². The average Bonchev–Trinajstić information content (AvgIpc) is 3.07. The summed E-state index contributed by atoms with van der Waals surface area (Å²) in [5, 5.41) is 6.45. The van der Waals surface area contributed by atoms with E-state index in [1.807, 2.05) is 0 Å². The predicted molar refractivity (Wildman–Crippen MR) is 78.8 cm³/mol. The van der Waals surface area contributed by atoms with Crippen LogP contribution in [0.4, 0.5) is 17.6 Å². The van der Waals surface area contributed by atoms with Gasteiger partial charge in [0.25, 0.3) is 0 Å².